The number of methoxy groups -OCH3 is 1. The van der Waals surface area contributed by atoms with Crippen LogP contribution in [0.2, 0.25) is 5.02 Å². The van der Waals surface area contributed by atoms with Crippen LogP contribution in [0.15, 0.2) is 47.4 Å². The fourth-order valence-electron chi connectivity index (χ4n) is 2.45. The first-order chi connectivity index (χ1) is 12.9. The van der Waals surface area contributed by atoms with Gasteiger partial charge in [0.05, 0.1) is 18.6 Å². The van der Waals surface area contributed by atoms with Crippen LogP contribution >= 0.6 is 11.6 Å². The zero-order valence-corrected chi connectivity index (χ0v) is 17.2. The maximum absolute atomic E-state index is 12.8. The predicted octanol–water partition coefficient (Wildman–Crippen LogP) is 3.58. The van der Waals surface area contributed by atoms with Crippen molar-refractivity contribution in [1.29, 1.82) is 0 Å². The molecule has 0 aliphatic carbocycles. The van der Waals surface area contributed by atoms with Crippen molar-refractivity contribution < 1.29 is 22.6 Å². The minimum atomic E-state index is -3.67. The van der Waals surface area contributed by atoms with E-state index in [1.54, 1.807) is 30.3 Å². The van der Waals surface area contributed by atoms with Gasteiger partial charge in [-0.05, 0) is 49.4 Å². The standard InChI is InChI=1S/C19H24ClNO5S/c1-4-25-11-12-26-17-6-8-18(9-7-17)27(22,23)21(2)14-15-13-16(20)5-10-19(15)24-3/h5-10,13H,4,11-12,14H2,1-3H3. The molecule has 0 fully saturated rings. The molecule has 8 heteroatoms. The molecular weight excluding hydrogens is 390 g/mol. The molecule has 0 N–H and O–H groups in total. The average Bonchev–Trinajstić information content (AvgIpc) is 2.66. The molecule has 0 unspecified atom stereocenters. The topological polar surface area (TPSA) is 65.1 Å². The molecule has 148 valence electrons. The normalized spacial score (nSPS) is 11.6. The van der Waals surface area contributed by atoms with Gasteiger partial charge in [-0.1, -0.05) is 11.6 Å². The highest BCUT2D eigenvalue weighted by atomic mass is 35.5. The lowest BCUT2D eigenvalue weighted by Gasteiger charge is -2.19. The Balaban J connectivity index is 2.09. The molecule has 0 saturated heterocycles. The summed E-state index contributed by atoms with van der Waals surface area (Å²) in [4.78, 5) is 0.183. The summed E-state index contributed by atoms with van der Waals surface area (Å²) in [5.74, 6) is 1.17. The summed E-state index contributed by atoms with van der Waals surface area (Å²) >= 11 is 6.02. The van der Waals surface area contributed by atoms with Gasteiger partial charge in [-0.2, -0.15) is 4.31 Å². The third-order valence-corrected chi connectivity index (χ3v) is 5.92. The van der Waals surface area contributed by atoms with Crippen LogP contribution in [0.25, 0.3) is 0 Å². The van der Waals surface area contributed by atoms with E-state index in [-0.39, 0.29) is 11.4 Å². The highest BCUT2D eigenvalue weighted by Gasteiger charge is 2.22. The summed E-state index contributed by atoms with van der Waals surface area (Å²) in [7, 11) is -0.617. The van der Waals surface area contributed by atoms with Gasteiger partial charge in [0.1, 0.15) is 18.1 Å². The van der Waals surface area contributed by atoms with Crippen molar-refractivity contribution in [2.45, 2.75) is 18.4 Å². The van der Waals surface area contributed by atoms with Crippen molar-refractivity contribution >= 4 is 21.6 Å². The minimum Gasteiger partial charge on any atom is -0.496 e. The second-order valence-electron chi connectivity index (χ2n) is 5.73. The van der Waals surface area contributed by atoms with E-state index in [0.717, 1.165) is 0 Å². The van der Waals surface area contributed by atoms with Gasteiger partial charge in [-0.3, -0.25) is 0 Å². The molecule has 0 atom stereocenters. The van der Waals surface area contributed by atoms with E-state index in [4.69, 9.17) is 25.8 Å². The summed E-state index contributed by atoms with van der Waals surface area (Å²) in [5, 5.41) is 0.519. The van der Waals surface area contributed by atoms with E-state index in [1.165, 1.54) is 30.6 Å². The molecule has 0 aliphatic heterocycles. The SMILES string of the molecule is CCOCCOc1ccc(S(=O)(=O)N(C)Cc2cc(Cl)ccc2OC)cc1. The van der Waals surface area contributed by atoms with Crippen molar-refractivity contribution in [2.24, 2.45) is 0 Å². The van der Waals surface area contributed by atoms with Crippen LogP contribution in [0.3, 0.4) is 0 Å². The number of benzene rings is 2. The van der Waals surface area contributed by atoms with Crippen LogP contribution in [-0.2, 0) is 21.3 Å². The first-order valence-corrected chi connectivity index (χ1v) is 10.3. The van der Waals surface area contributed by atoms with E-state index in [2.05, 4.69) is 0 Å². The number of ether oxygens (including phenoxy) is 3. The van der Waals surface area contributed by atoms with Gasteiger partial charge in [0.2, 0.25) is 10.0 Å². The molecule has 27 heavy (non-hydrogen) atoms. The van der Waals surface area contributed by atoms with Crippen molar-refractivity contribution in [3.8, 4) is 11.5 Å². The Morgan fingerprint density at radius 1 is 1.07 bits per heavy atom. The van der Waals surface area contributed by atoms with Gasteiger partial charge in [0.25, 0.3) is 0 Å². The minimum absolute atomic E-state index is 0.138. The molecule has 0 aromatic heterocycles. The summed E-state index contributed by atoms with van der Waals surface area (Å²) in [6.07, 6.45) is 0. The lowest BCUT2D eigenvalue weighted by atomic mass is 10.2. The zero-order valence-electron chi connectivity index (χ0n) is 15.6. The molecule has 2 rings (SSSR count). The van der Waals surface area contributed by atoms with Crippen LogP contribution in [0.1, 0.15) is 12.5 Å². The number of hydrogen-bond donors (Lipinski definition) is 0. The Morgan fingerprint density at radius 3 is 2.41 bits per heavy atom. The predicted molar refractivity (Wildman–Crippen MR) is 105 cm³/mol. The number of halogens is 1. The van der Waals surface area contributed by atoms with Crippen LogP contribution in [0, 0.1) is 0 Å². The smallest absolute Gasteiger partial charge is 0.243 e. The number of hydrogen-bond acceptors (Lipinski definition) is 5. The largest absolute Gasteiger partial charge is 0.496 e. The number of nitrogens with zero attached hydrogens (tertiary/aromatic N) is 1. The zero-order chi connectivity index (χ0) is 19.9. The Labute approximate surface area is 165 Å². The third kappa shape index (κ3) is 5.84. The summed E-state index contributed by atoms with van der Waals surface area (Å²) in [6, 6.07) is 11.4. The molecule has 2 aromatic rings. The van der Waals surface area contributed by atoms with E-state index < -0.39 is 10.0 Å². The molecule has 0 spiro atoms. The van der Waals surface area contributed by atoms with Crippen molar-refractivity contribution in [2.75, 3.05) is 34.0 Å². The lowest BCUT2D eigenvalue weighted by molar-refractivity contribution is 0.110. The first-order valence-electron chi connectivity index (χ1n) is 8.48. The molecule has 0 radical (unpaired) electrons. The van der Waals surface area contributed by atoms with E-state index in [1.807, 2.05) is 6.92 Å². The maximum Gasteiger partial charge on any atom is 0.243 e. The number of rotatable bonds is 10. The first kappa shape index (κ1) is 21.5. The van der Waals surface area contributed by atoms with Crippen LogP contribution in [0.5, 0.6) is 11.5 Å². The van der Waals surface area contributed by atoms with Crippen molar-refractivity contribution in [1.82, 2.24) is 4.31 Å². The van der Waals surface area contributed by atoms with Crippen molar-refractivity contribution in [3.05, 3.63) is 53.1 Å². The fourth-order valence-corrected chi connectivity index (χ4v) is 3.79. The second-order valence-corrected chi connectivity index (χ2v) is 8.22. The molecule has 0 saturated carbocycles. The summed E-state index contributed by atoms with van der Waals surface area (Å²) in [5.41, 5.74) is 0.687. The maximum atomic E-state index is 12.8. The average molecular weight is 414 g/mol. The van der Waals surface area contributed by atoms with Gasteiger partial charge < -0.3 is 14.2 Å². The molecule has 0 heterocycles. The molecule has 6 nitrogen and oxygen atoms in total. The molecule has 0 aliphatic rings. The molecule has 0 amide bonds. The van der Waals surface area contributed by atoms with Crippen LogP contribution < -0.4 is 9.47 Å². The molecule has 2 aromatic carbocycles. The summed E-state index contributed by atoms with van der Waals surface area (Å²) < 4.78 is 42.9. The Morgan fingerprint density at radius 2 is 1.78 bits per heavy atom. The second kappa shape index (κ2) is 9.94. The highest BCUT2D eigenvalue weighted by molar-refractivity contribution is 7.89. The van der Waals surface area contributed by atoms with E-state index >= 15 is 0 Å². The van der Waals surface area contributed by atoms with Gasteiger partial charge in [-0.15, -0.1) is 0 Å². The van der Waals surface area contributed by atoms with Gasteiger partial charge >= 0.3 is 0 Å². The Kier molecular flexibility index (Phi) is 7.91. The van der Waals surface area contributed by atoms with Crippen LogP contribution in [0.4, 0.5) is 0 Å². The lowest BCUT2D eigenvalue weighted by Crippen LogP contribution is -2.26. The third-order valence-electron chi connectivity index (χ3n) is 3.87. The van der Waals surface area contributed by atoms with E-state index in [0.29, 0.717) is 41.9 Å². The Bertz CT molecular complexity index is 840. The monoisotopic (exact) mass is 413 g/mol. The van der Waals surface area contributed by atoms with Gasteiger partial charge in [-0.25, -0.2) is 8.42 Å². The fraction of sp³-hybridized carbons (Fsp3) is 0.368. The quantitative estimate of drug-likeness (QED) is 0.557. The number of sulfonamides is 1. The highest BCUT2D eigenvalue weighted by Crippen LogP contribution is 2.26. The van der Waals surface area contributed by atoms with Gasteiger partial charge in [0.15, 0.2) is 0 Å². The van der Waals surface area contributed by atoms with Crippen molar-refractivity contribution in [3.63, 3.8) is 0 Å². The summed E-state index contributed by atoms with van der Waals surface area (Å²) in [6.45, 7) is 3.58. The van der Waals surface area contributed by atoms with Gasteiger partial charge in [0, 0.05) is 30.8 Å². The molecular formula is C19H24ClNO5S. The van der Waals surface area contributed by atoms with E-state index in [9.17, 15) is 8.42 Å². The molecule has 0 bridgehead atoms. The van der Waals surface area contributed by atoms with Crippen LogP contribution in [-0.4, -0.2) is 46.7 Å². The Hall–Kier alpha value is -1.80.